The molecule has 1 aliphatic rings. The first-order valence-corrected chi connectivity index (χ1v) is 19.3. The summed E-state index contributed by atoms with van der Waals surface area (Å²) >= 11 is 7.54. The molecule has 48 heavy (non-hydrogen) atoms. The molecule has 0 saturated heterocycles. The van der Waals surface area contributed by atoms with Gasteiger partial charge in [-0.2, -0.15) is 0 Å². The van der Waals surface area contributed by atoms with Crippen LogP contribution in [0.25, 0.3) is 22.4 Å². The van der Waals surface area contributed by atoms with E-state index in [0.717, 1.165) is 24.1 Å². The van der Waals surface area contributed by atoms with Crippen LogP contribution in [0, 0.1) is 6.07 Å². The SMILES string of the molecule is CCCCCCC1(CCCCCCCCC(O)CC(C)O)c2cc(Br)ccc2-c2ccc(Br)cc21.[Ir].[c-]1ccccc1-c1ccccn1. The number of halogens is 2. The Morgan fingerprint density at radius 3 is 1.85 bits per heavy atom. The van der Waals surface area contributed by atoms with E-state index in [1.807, 2.05) is 42.5 Å². The van der Waals surface area contributed by atoms with E-state index in [-0.39, 0.29) is 31.6 Å². The fraction of sp³-hybridized carbons (Fsp3) is 0.452. The number of hydrogen-bond acceptors (Lipinski definition) is 3. The second-order valence-electron chi connectivity index (χ2n) is 13.2. The number of aromatic nitrogens is 1. The van der Waals surface area contributed by atoms with Crippen LogP contribution in [0.15, 0.2) is 94.0 Å². The predicted molar refractivity (Wildman–Crippen MR) is 205 cm³/mol. The van der Waals surface area contributed by atoms with Crippen molar-refractivity contribution < 1.29 is 30.3 Å². The molecule has 0 saturated carbocycles. The Morgan fingerprint density at radius 2 is 1.31 bits per heavy atom. The molecule has 0 aliphatic heterocycles. The summed E-state index contributed by atoms with van der Waals surface area (Å²) in [4.78, 5) is 4.22. The maximum Gasteiger partial charge on any atom is 0.0564 e. The summed E-state index contributed by atoms with van der Waals surface area (Å²) in [5.41, 5.74) is 7.99. The van der Waals surface area contributed by atoms with Crippen LogP contribution in [0.3, 0.4) is 0 Å². The fourth-order valence-corrected chi connectivity index (χ4v) is 7.78. The molecule has 4 aromatic rings. The van der Waals surface area contributed by atoms with Gasteiger partial charge < -0.3 is 15.2 Å². The number of unbranched alkanes of at least 4 members (excludes halogenated alkanes) is 8. The van der Waals surface area contributed by atoms with E-state index >= 15 is 0 Å². The standard InChI is InChI=1S/C31H44Br2O2.C11H8N.Ir/c1-3-4-5-11-18-31(19-12-9-7-6-8-10-13-26(35)20-23(2)34)29-21-24(32)14-16-27(29)28-17-15-25(33)22-30(28)31;1-2-6-10(7-3-1)11-8-4-5-9-12-11;/h14-17,21-23,26,34-35H,3-13,18-20H2,1-2H3;1-6,8-9H;/q;-1;. The first-order chi connectivity index (χ1) is 22.8. The van der Waals surface area contributed by atoms with Gasteiger partial charge in [0.15, 0.2) is 0 Å². The maximum atomic E-state index is 9.95. The number of nitrogens with zero attached hydrogens (tertiary/aromatic N) is 1. The Kier molecular flexibility index (Phi) is 18.3. The molecule has 1 aliphatic carbocycles. The van der Waals surface area contributed by atoms with Gasteiger partial charge in [0.25, 0.3) is 0 Å². The topological polar surface area (TPSA) is 53.4 Å². The number of pyridine rings is 1. The molecule has 2 atom stereocenters. The van der Waals surface area contributed by atoms with E-state index in [4.69, 9.17) is 0 Å². The second kappa shape index (κ2) is 21.5. The molecule has 3 nitrogen and oxygen atoms in total. The van der Waals surface area contributed by atoms with Gasteiger partial charge in [0.1, 0.15) is 0 Å². The van der Waals surface area contributed by atoms with Crippen LogP contribution in [-0.4, -0.2) is 27.4 Å². The number of benzene rings is 3. The third kappa shape index (κ3) is 12.0. The average molecular weight is 955 g/mol. The fourth-order valence-electron chi connectivity index (χ4n) is 7.06. The molecule has 6 heteroatoms. The van der Waals surface area contributed by atoms with Crippen LogP contribution < -0.4 is 0 Å². The molecular formula is C42H52Br2IrNO2-. The summed E-state index contributed by atoms with van der Waals surface area (Å²) in [6.45, 7) is 4.04. The summed E-state index contributed by atoms with van der Waals surface area (Å²) in [5, 5.41) is 19.3. The van der Waals surface area contributed by atoms with Crippen molar-refractivity contribution in [1.29, 1.82) is 0 Å². The van der Waals surface area contributed by atoms with Gasteiger partial charge in [0.2, 0.25) is 0 Å². The third-order valence-corrected chi connectivity index (χ3v) is 10.4. The van der Waals surface area contributed by atoms with Crippen LogP contribution in [0.2, 0.25) is 0 Å². The Balaban J connectivity index is 0.000000401. The Morgan fingerprint density at radius 1 is 0.729 bits per heavy atom. The zero-order valence-corrected chi connectivity index (χ0v) is 34.1. The summed E-state index contributed by atoms with van der Waals surface area (Å²) < 4.78 is 2.36. The molecule has 261 valence electrons. The van der Waals surface area contributed by atoms with E-state index in [2.05, 4.69) is 86.2 Å². The quantitative estimate of drug-likeness (QED) is 0.0819. The van der Waals surface area contributed by atoms with Crippen molar-refractivity contribution in [3.8, 4) is 22.4 Å². The van der Waals surface area contributed by atoms with Gasteiger partial charge in [-0.1, -0.05) is 127 Å². The first-order valence-electron chi connectivity index (χ1n) is 17.7. The van der Waals surface area contributed by atoms with E-state index in [0.29, 0.717) is 6.42 Å². The molecule has 0 bridgehead atoms. The Bertz CT molecular complexity index is 1390. The molecule has 1 heterocycles. The van der Waals surface area contributed by atoms with E-state index in [1.54, 1.807) is 13.1 Å². The largest absolute Gasteiger partial charge is 0.393 e. The minimum Gasteiger partial charge on any atom is -0.393 e. The van der Waals surface area contributed by atoms with E-state index in [1.165, 1.54) is 102 Å². The molecule has 2 unspecified atom stereocenters. The molecule has 2 N–H and O–H groups in total. The second-order valence-corrected chi connectivity index (χ2v) is 15.0. The van der Waals surface area contributed by atoms with Gasteiger partial charge in [-0.25, -0.2) is 0 Å². The monoisotopic (exact) mass is 953 g/mol. The van der Waals surface area contributed by atoms with Crippen molar-refractivity contribution in [2.24, 2.45) is 0 Å². The normalized spacial score (nSPS) is 13.8. The predicted octanol–water partition coefficient (Wildman–Crippen LogP) is 12.2. The van der Waals surface area contributed by atoms with E-state index < -0.39 is 6.10 Å². The van der Waals surface area contributed by atoms with Crippen molar-refractivity contribution >= 4 is 31.9 Å². The van der Waals surface area contributed by atoms with Crippen LogP contribution in [0.4, 0.5) is 0 Å². The van der Waals surface area contributed by atoms with E-state index in [9.17, 15) is 10.2 Å². The van der Waals surface area contributed by atoms with Crippen molar-refractivity contribution in [3.63, 3.8) is 0 Å². The first kappa shape index (κ1) is 40.8. The smallest absolute Gasteiger partial charge is 0.0564 e. The van der Waals surface area contributed by atoms with Crippen LogP contribution in [0.5, 0.6) is 0 Å². The number of aliphatic hydroxyl groups is 2. The van der Waals surface area contributed by atoms with Crippen molar-refractivity contribution in [2.75, 3.05) is 0 Å². The Labute approximate surface area is 320 Å². The molecule has 1 aromatic heterocycles. The molecule has 0 fully saturated rings. The number of rotatable bonds is 17. The average Bonchev–Trinajstić information content (AvgIpc) is 3.33. The minimum atomic E-state index is -0.411. The van der Waals surface area contributed by atoms with Crippen LogP contribution in [0.1, 0.15) is 115 Å². The van der Waals surface area contributed by atoms with Gasteiger partial charge in [-0.3, -0.25) is 0 Å². The van der Waals surface area contributed by atoms with Gasteiger partial charge in [0.05, 0.1) is 12.2 Å². The van der Waals surface area contributed by atoms with Gasteiger partial charge in [-0.05, 0) is 90.9 Å². The van der Waals surface area contributed by atoms with Gasteiger partial charge in [-0.15, -0.1) is 35.9 Å². The van der Waals surface area contributed by atoms with Crippen LogP contribution >= 0.6 is 31.9 Å². The molecule has 5 rings (SSSR count). The Hall–Kier alpha value is -1.66. The number of aliphatic hydroxyl groups excluding tert-OH is 2. The van der Waals surface area contributed by atoms with Crippen molar-refractivity contribution in [2.45, 2.75) is 121 Å². The summed E-state index contributed by atoms with van der Waals surface area (Å²) in [6.07, 6.45) is 17.2. The number of fused-ring (bicyclic) bond motifs is 3. The summed E-state index contributed by atoms with van der Waals surface area (Å²) in [7, 11) is 0. The van der Waals surface area contributed by atoms with Crippen molar-refractivity contribution in [3.05, 3.63) is 111 Å². The zero-order chi connectivity index (χ0) is 33.5. The maximum absolute atomic E-state index is 9.95. The molecule has 0 spiro atoms. The zero-order valence-electron chi connectivity index (χ0n) is 28.6. The van der Waals surface area contributed by atoms with Gasteiger partial charge >= 0.3 is 0 Å². The molecule has 1 radical (unpaired) electrons. The number of hydrogen-bond donors (Lipinski definition) is 2. The molecule has 0 amide bonds. The van der Waals surface area contributed by atoms with Crippen molar-refractivity contribution in [1.82, 2.24) is 4.98 Å². The minimum absolute atomic E-state index is 0. The third-order valence-electron chi connectivity index (χ3n) is 9.40. The van der Waals surface area contributed by atoms with Gasteiger partial charge in [0, 0.05) is 40.7 Å². The summed E-state index contributed by atoms with van der Waals surface area (Å²) in [5.74, 6) is 0. The molecule has 3 aromatic carbocycles. The van der Waals surface area contributed by atoms with Crippen LogP contribution in [-0.2, 0) is 25.5 Å². The molecular weight excluding hydrogens is 902 g/mol. The summed E-state index contributed by atoms with van der Waals surface area (Å²) in [6, 6.07) is 30.6.